The van der Waals surface area contributed by atoms with Crippen LogP contribution in [0.2, 0.25) is 0 Å². The molecule has 0 bridgehead atoms. The van der Waals surface area contributed by atoms with Gasteiger partial charge in [-0.3, -0.25) is 14.4 Å². The van der Waals surface area contributed by atoms with Crippen LogP contribution in [0.3, 0.4) is 0 Å². The summed E-state index contributed by atoms with van der Waals surface area (Å²) >= 11 is 0. The van der Waals surface area contributed by atoms with Gasteiger partial charge < -0.3 is 34.6 Å². The minimum atomic E-state index is -1.04. The summed E-state index contributed by atoms with van der Waals surface area (Å²) in [4.78, 5) is 54.6. The van der Waals surface area contributed by atoms with E-state index in [1.165, 1.54) is 34.8 Å². The van der Waals surface area contributed by atoms with Gasteiger partial charge in [-0.05, 0) is 55.3 Å². The van der Waals surface area contributed by atoms with Crippen LogP contribution in [0.5, 0.6) is 5.75 Å². The highest BCUT2D eigenvalue weighted by Gasteiger charge is 2.22. The van der Waals surface area contributed by atoms with Gasteiger partial charge in [-0.2, -0.15) is 0 Å². The van der Waals surface area contributed by atoms with Crippen LogP contribution in [0.25, 0.3) is 10.9 Å². The second-order valence-electron chi connectivity index (χ2n) is 10.3. The first kappa shape index (κ1) is 32.5. The zero-order valence-electron chi connectivity index (χ0n) is 24.9. The Bertz CT molecular complexity index is 1780. The Morgan fingerprint density at radius 3 is 2.62 bits per heavy atom. The van der Waals surface area contributed by atoms with Gasteiger partial charge in [-0.25, -0.2) is 13.6 Å². The van der Waals surface area contributed by atoms with Crippen molar-refractivity contribution in [3.63, 3.8) is 0 Å². The van der Waals surface area contributed by atoms with Crippen LogP contribution < -0.4 is 20.9 Å². The van der Waals surface area contributed by atoms with Crippen LogP contribution in [0, 0.1) is 11.6 Å². The van der Waals surface area contributed by atoms with Crippen molar-refractivity contribution in [1.82, 2.24) is 19.8 Å². The Labute approximate surface area is 257 Å². The lowest BCUT2D eigenvalue weighted by Crippen LogP contribution is -2.44. The van der Waals surface area contributed by atoms with Crippen molar-refractivity contribution in [1.29, 1.82) is 0 Å². The second kappa shape index (κ2) is 14.8. The standard InChI is InChI=1S/C32H33F2N5O6/c1-38(2)28(40)12-5-4-9-25(37-32(43)44-3)30(41)36-26-10-7-15-39(31(26)42)18-23-16-20-8-6-11-27(29(20)35-23)45-19-21-13-14-22(33)17-24(21)34/h5-8,10-17,25,35H,4,9,18-19H2,1-3H3,(H,36,41)(H,37,43)/b12-5+/t25-/m0/s1. The minimum absolute atomic E-state index is 0.000971. The number of benzene rings is 2. The molecule has 4 rings (SSSR count). The first-order chi connectivity index (χ1) is 21.5. The summed E-state index contributed by atoms with van der Waals surface area (Å²) in [5.41, 5.74) is 1.000. The van der Waals surface area contributed by atoms with Gasteiger partial charge in [-0.1, -0.05) is 18.2 Å². The van der Waals surface area contributed by atoms with E-state index < -0.39 is 35.2 Å². The largest absolute Gasteiger partial charge is 0.487 e. The van der Waals surface area contributed by atoms with E-state index in [1.54, 1.807) is 44.6 Å². The maximum atomic E-state index is 14.1. The molecule has 2 aromatic heterocycles. The molecule has 0 radical (unpaired) electrons. The van der Waals surface area contributed by atoms with Crippen LogP contribution >= 0.6 is 0 Å². The van der Waals surface area contributed by atoms with E-state index in [1.807, 2.05) is 12.1 Å². The molecule has 2 aromatic carbocycles. The van der Waals surface area contributed by atoms with E-state index in [2.05, 4.69) is 20.4 Å². The molecule has 3 N–H and O–H groups in total. The van der Waals surface area contributed by atoms with Crippen molar-refractivity contribution in [3.05, 3.63) is 106 Å². The smallest absolute Gasteiger partial charge is 0.407 e. The molecular formula is C32H33F2N5O6. The molecule has 0 unspecified atom stereocenters. The highest BCUT2D eigenvalue weighted by molar-refractivity contribution is 5.96. The molecule has 1 atom stereocenters. The number of allylic oxidation sites excluding steroid dienone is 1. The molecule has 4 aromatic rings. The van der Waals surface area contributed by atoms with E-state index in [0.29, 0.717) is 23.4 Å². The summed E-state index contributed by atoms with van der Waals surface area (Å²) in [6.07, 6.45) is 4.15. The number of fused-ring (bicyclic) bond motifs is 1. The number of likely N-dealkylation sites (N-methyl/N-ethyl adjacent to an activating group) is 1. The molecule has 0 aliphatic heterocycles. The molecule has 0 aliphatic rings. The maximum absolute atomic E-state index is 14.1. The van der Waals surface area contributed by atoms with Crippen molar-refractivity contribution in [2.24, 2.45) is 0 Å². The number of anilines is 1. The zero-order valence-corrected chi connectivity index (χ0v) is 24.9. The van der Waals surface area contributed by atoms with E-state index in [-0.39, 0.29) is 36.7 Å². The van der Waals surface area contributed by atoms with Gasteiger partial charge in [0.2, 0.25) is 11.8 Å². The fraction of sp³-hybridized carbons (Fsp3) is 0.250. The van der Waals surface area contributed by atoms with Gasteiger partial charge in [0.15, 0.2) is 0 Å². The van der Waals surface area contributed by atoms with Crippen LogP contribution in [-0.2, 0) is 27.5 Å². The molecule has 13 heteroatoms. The number of ether oxygens (including phenoxy) is 2. The molecule has 0 saturated carbocycles. The van der Waals surface area contributed by atoms with E-state index in [9.17, 15) is 28.0 Å². The molecule has 3 amide bonds. The highest BCUT2D eigenvalue weighted by Crippen LogP contribution is 2.27. The Balaban J connectivity index is 1.47. The minimum Gasteiger partial charge on any atom is -0.487 e. The number of hydrogen-bond acceptors (Lipinski definition) is 6. The SMILES string of the molecule is COC(=O)N[C@@H](CC/C=C/C(=O)N(C)C)C(=O)Nc1cccn(Cc2cc3cccc(OCc4ccc(F)cc4F)c3[nH]2)c1=O. The average Bonchev–Trinajstić information content (AvgIpc) is 3.43. The number of carbonyl (C=O) groups excluding carboxylic acids is 3. The maximum Gasteiger partial charge on any atom is 0.407 e. The van der Waals surface area contributed by atoms with Crippen molar-refractivity contribution in [2.45, 2.75) is 32.0 Å². The predicted octanol–water partition coefficient (Wildman–Crippen LogP) is 4.32. The molecule has 0 saturated heterocycles. The molecule has 0 fully saturated rings. The summed E-state index contributed by atoms with van der Waals surface area (Å²) in [7, 11) is 4.39. The molecule has 0 spiro atoms. The Hall–Kier alpha value is -5.46. The predicted molar refractivity (Wildman–Crippen MR) is 164 cm³/mol. The number of carbonyl (C=O) groups is 3. The number of aromatic nitrogens is 2. The van der Waals surface area contributed by atoms with Gasteiger partial charge in [0.05, 0.1) is 19.2 Å². The third kappa shape index (κ3) is 8.56. The number of hydrogen-bond donors (Lipinski definition) is 3. The highest BCUT2D eigenvalue weighted by atomic mass is 19.1. The van der Waals surface area contributed by atoms with Crippen molar-refractivity contribution < 1.29 is 32.6 Å². The van der Waals surface area contributed by atoms with Gasteiger partial charge in [0.1, 0.15) is 35.7 Å². The second-order valence-corrected chi connectivity index (χ2v) is 10.3. The topological polar surface area (TPSA) is 135 Å². The van der Waals surface area contributed by atoms with Gasteiger partial charge in [0.25, 0.3) is 5.56 Å². The lowest BCUT2D eigenvalue weighted by molar-refractivity contribution is -0.123. The van der Waals surface area contributed by atoms with Crippen LogP contribution in [0.1, 0.15) is 24.1 Å². The van der Waals surface area contributed by atoms with Crippen LogP contribution in [0.15, 0.2) is 77.7 Å². The lowest BCUT2D eigenvalue weighted by Gasteiger charge is -2.17. The molecule has 236 valence electrons. The summed E-state index contributed by atoms with van der Waals surface area (Å²) in [5, 5.41) is 5.83. The number of methoxy groups -OCH3 is 1. The number of amides is 3. The Morgan fingerprint density at radius 2 is 1.89 bits per heavy atom. The lowest BCUT2D eigenvalue weighted by atomic mass is 10.1. The van der Waals surface area contributed by atoms with Gasteiger partial charge >= 0.3 is 6.09 Å². The van der Waals surface area contributed by atoms with Gasteiger partial charge in [-0.15, -0.1) is 0 Å². The molecule has 45 heavy (non-hydrogen) atoms. The normalized spacial score (nSPS) is 11.8. The first-order valence-corrected chi connectivity index (χ1v) is 14.0. The fourth-order valence-electron chi connectivity index (χ4n) is 4.41. The number of halogens is 2. The third-order valence-corrected chi connectivity index (χ3v) is 6.81. The molecular weight excluding hydrogens is 588 g/mol. The Morgan fingerprint density at radius 1 is 1.09 bits per heavy atom. The van der Waals surface area contributed by atoms with E-state index in [4.69, 9.17) is 4.74 Å². The summed E-state index contributed by atoms with van der Waals surface area (Å²) in [5.74, 6) is -1.79. The van der Waals surface area contributed by atoms with Gasteiger partial charge in [0, 0.05) is 43.0 Å². The van der Waals surface area contributed by atoms with Crippen LogP contribution in [0.4, 0.5) is 19.3 Å². The number of nitrogens with zero attached hydrogens (tertiary/aromatic N) is 2. The monoisotopic (exact) mass is 621 g/mol. The number of H-pyrrole nitrogens is 1. The van der Waals surface area contributed by atoms with Crippen molar-refractivity contribution >= 4 is 34.5 Å². The number of alkyl carbamates (subject to hydrolysis) is 1. The van der Waals surface area contributed by atoms with E-state index in [0.717, 1.165) is 17.5 Å². The Kier molecular flexibility index (Phi) is 10.7. The average molecular weight is 622 g/mol. The number of nitrogens with one attached hydrogen (secondary N) is 3. The fourth-order valence-corrected chi connectivity index (χ4v) is 4.41. The number of pyridine rings is 1. The zero-order chi connectivity index (χ0) is 32.5. The summed E-state index contributed by atoms with van der Waals surface area (Å²) in [6.45, 7) is 0.00883. The van der Waals surface area contributed by atoms with Crippen molar-refractivity contribution in [3.8, 4) is 5.75 Å². The quantitative estimate of drug-likeness (QED) is 0.202. The molecule has 11 nitrogen and oxygen atoms in total. The number of para-hydroxylation sites is 1. The number of rotatable bonds is 12. The molecule has 2 heterocycles. The third-order valence-electron chi connectivity index (χ3n) is 6.81. The summed E-state index contributed by atoms with van der Waals surface area (Å²) in [6, 6.07) is 12.5. The van der Waals surface area contributed by atoms with E-state index >= 15 is 0 Å². The molecule has 0 aliphatic carbocycles. The van der Waals surface area contributed by atoms with Crippen LogP contribution in [-0.4, -0.2) is 59.6 Å². The number of aromatic amines is 1. The first-order valence-electron chi connectivity index (χ1n) is 14.0. The van der Waals surface area contributed by atoms with Crippen molar-refractivity contribution in [2.75, 3.05) is 26.5 Å². The summed E-state index contributed by atoms with van der Waals surface area (Å²) < 4.78 is 39.2.